The number of nitrogens with zero attached hydrogens (tertiary/aromatic N) is 4. The molecule has 1 aliphatic heterocycles. The summed E-state index contributed by atoms with van der Waals surface area (Å²) < 4.78 is 47.8. The Hall–Kier alpha value is -1.95. The minimum absolute atomic E-state index is 0.0128. The van der Waals surface area contributed by atoms with Gasteiger partial charge in [-0.2, -0.15) is 18.3 Å². The van der Waals surface area contributed by atoms with E-state index in [1.165, 1.54) is 24.3 Å². The third kappa shape index (κ3) is 3.47. The van der Waals surface area contributed by atoms with Gasteiger partial charge < -0.3 is 9.84 Å². The van der Waals surface area contributed by atoms with Crippen molar-refractivity contribution in [3.05, 3.63) is 33.8 Å². The van der Waals surface area contributed by atoms with Gasteiger partial charge in [0.25, 0.3) is 0 Å². The highest BCUT2D eigenvalue weighted by molar-refractivity contribution is 14.1. The first-order chi connectivity index (χ1) is 12.8. The molecule has 142 valence electrons. The second-order valence-electron chi connectivity index (χ2n) is 6.19. The summed E-state index contributed by atoms with van der Waals surface area (Å²) in [6.07, 6.45) is -2.47. The van der Waals surface area contributed by atoms with Gasteiger partial charge >= 0.3 is 6.18 Å². The maximum absolute atomic E-state index is 13.3. The Labute approximate surface area is 165 Å². The predicted molar refractivity (Wildman–Crippen MR) is 99.0 cm³/mol. The molecule has 1 unspecified atom stereocenters. The zero-order chi connectivity index (χ0) is 19.2. The van der Waals surface area contributed by atoms with E-state index >= 15 is 0 Å². The largest absolute Gasteiger partial charge is 0.508 e. The van der Waals surface area contributed by atoms with Gasteiger partial charge in [0.15, 0.2) is 6.23 Å². The van der Waals surface area contributed by atoms with E-state index in [2.05, 4.69) is 15.1 Å². The number of phenols is 1. The van der Waals surface area contributed by atoms with Crippen LogP contribution in [-0.2, 0) is 10.9 Å². The van der Waals surface area contributed by atoms with Gasteiger partial charge in [-0.1, -0.05) is 0 Å². The summed E-state index contributed by atoms with van der Waals surface area (Å²) in [5, 5.41) is 13.9. The minimum atomic E-state index is -4.69. The SMILES string of the molecule is Oc1ccc(-c2nc(C(F)(F)F)nc3c(I)nn(C4CCCCO4)c23)cc1. The molecule has 0 radical (unpaired) electrons. The van der Waals surface area contributed by atoms with Gasteiger partial charge in [0.2, 0.25) is 5.82 Å². The Morgan fingerprint density at radius 3 is 2.52 bits per heavy atom. The van der Waals surface area contributed by atoms with Gasteiger partial charge in [0, 0.05) is 12.2 Å². The van der Waals surface area contributed by atoms with Crippen molar-refractivity contribution < 1.29 is 23.0 Å². The number of halogens is 4. The Morgan fingerprint density at radius 1 is 1.15 bits per heavy atom. The summed E-state index contributed by atoms with van der Waals surface area (Å²) in [5.41, 5.74) is 1.07. The molecule has 1 saturated heterocycles. The predicted octanol–water partition coefficient (Wildman–Crippen LogP) is 4.52. The van der Waals surface area contributed by atoms with Crippen LogP contribution in [0.25, 0.3) is 22.3 Å². The molecule has 0 amide bonds. The maximum atomic E-state index is 13.3. The summed E-state index contributed by atoms with van der Waals surface area (Å²) in [6, 6.07) is 5.84. The van der Waals surface area contributed by atoms with Crippen LogP contribution < -0.4 is 0 Å². The minimum Gasteiger partial charge on any atom is -0.508 e. The zero-order valence-electron chi connectivity index (χ0n) is 13.9. The number of rotatable bonds is 2. The number of alkyl halides is 3. The van der Waals surface area contributed by atoms with E-state index in [-0.39, 0.29) is 23.2 Å². The molecular formula is C17H14F3IN4O2. The topological polar surface area (TPSA) is 73.1 Å². The fourth-order valence-corrected chi connectivity index (χ4v) is 3.69. The van der Waals surface area contributed by atoms with Crippen molar-refractivity contribution in [1.82, 2.24) is 19.7 Å². The van der Waals surface area contributed by atoms with E-state index in [9.17, 15) is 18.3 Å². The van der Waals surface area contributed by atoms with Crippen LogP contribution in [0.4, 0.5) is 13.2 Å². The van der Waals surface area contributed by atoms with Crippen LogP contribution in [0.2, 0.25) is 0 Å². The lowest BCUT2D eigenvalue weighted by molar-refractivity contribution is -0.144. The van der Waals surface area contributed by atoms with Crippen LogP contribution in [0.5, 0.6) is 5.75 Å². The van der Waals surface area contributed by atoms with E-state index in [1.807, 2.05) is 22.6 Å². The van der Waals surface area contributed by atoms with Crippen molar-refractivity contribution in [2.45, 2.75) is 31.7 Å². The average molecular weight is 490 g/mol. The van der Waals surface area contributed by atoms with Gasteiger partial charge in [0.05, 0.1) is 0 Å². The molecule has 3 heterocycles. The summed E-state index contributed by atoms with van der Waals surface area (Å²) in [4.78, 5) is 7.54. The molecule has 0 spiro atoms. The summed E-state index contributed by atoms with van der Waals surface area (Å²) in [6.45, 7) is 0.568. The number of aromatic nitrogens is 4. The fraction of sp³-hybridized carbons (Fsp3) is 0.353. The molecule has 1 atom stereocenters. The first kappa shape index (κ1) is 18.4. The molecule has 6 nitrogen and oxygen atoms in total. The smallest absolute Gasteiger partial charge is 0.451 e. The van der Waals surface area contributed by atoms with E-state index in [1.54, 1.807) is 4.68 Å². The Bertz CT molecular complexity index is 982. The van der Waals surface area contributed by atoms with Gasteiger partial charge in [-0.05, 0) is 66.1 Å². The van der Waals surface area contributed by atoms with Crippen LogP contribution >= 0.6 is 22.6 Å². The third-order valence-electron chi connectivity index (χ3n) is 4.33. The zero-order valence-corrected chi connectivity index (χ0v) is 16.0. The van der Waals surface area contributed by atoms with Crippen LogP contribution in [0.1, 0.15) is 31.3 Å². The van der Waals surface area contributed by atoms with Gasteiger partial charge in [-0.25, -0.2) is 14.6 Å². The van der Waals surface area contributed by atoms with Crippen LogP contribution in [0, 0.1) is 3.70 Å². The second kappa shape index (κ2) is 6.89. The lowest BCUT2D eigenvalue weighted by atomic mass is 10.1. The van der Waals surface area contributed by atoms with Crippen LogP contribution in [0.3, 0.4) is 0 Å². The third-order valence-corrected chi connectivity index (χ3v) is 5.05. The Morgan fingerprint density at radius 2 is 1.89 bits per heavy atom. The van der Waals surface area contributed by atoms with Gasteiger partial charge in [-0.15, -0.1) is 0 Å². The molecule has 2 aromatic heterocycles. The number of ether oxygens (including phenoxy) is 1. The van der Waals surface area contributed by atoms with Crippen LogP contribution in [-0.4, -0.2) is 31.5 Å². The number of hydrogen-bond acceptors (Lipinski definition) is 5. The first-order valence-corrected chi connectivity index (χ1v) is 9.36. The molecule has 4 rings (SSSR count). The van der Waals surface area contributed by atoms with Crippen molar-refractivity contribution in [2.75, 3.05) is 6.61 Å². The van der Waals surface area contributed by atoms with E-state index in [0.29, 0.717) is 27.8 Å². The van der Waals surface area contributed by atoms with Crippen molar-refractivity contribution in [1.29, 1.82) is 0 Å². The first-order valence-electron chi connectivity index (χ1n) is 8.28. The lowest BCUT2D eigenvalue weighted by Gasteiger charge is -2.24. The van der Waals surface area contributed by atoms with Crippen molar-refractivity contribution in [3.63, 3.8) is 0 Å². The lowest BCUT2D eigenvalue weighted by Crippen LogP contribution is -2.20. The number of aromatic hydroxyl groups is 1. The van der Waals surface area contributed by atoms with E-state index < -0.39 is 12.0 Å². The molecule has 0 bridgehead atoms. The molecule has 1 aromatic carbocycles. The fourth-order valence-electron chi connectivity index (χ4n) is 3.08. The summed E-state index contributed by atoms with van der Waals surface area (Å²) >= 11 is 1.88. The standard InChI is InChI=1S/C17H14F3IN4O2/c18-17(19,20)16-22-12(9-4-6-10(26)7-5-9)14-13(23-16)15(21)24-25(14)11-3-1-2-8-27-11/h4-7,11,26H,1-3,8H2. The number of fused-ring (bicyclic) bond motifs is 1. The number of hydrogen-bond donors (Lipinski definition) is 1. The molecule has 0 aliphatic carbocycles. The average Bonchev–Trinajstić information content (AvgIpc) is 2.99. The van der Waals surface area contributed by atoms with Gasteiger partial charge in [0.1, 0.15) is 26.2 Å². The highest BCUT2D eigenvalue weighted by Gasteiger charge is 2.37. The highest BCUT2D eigenvalue weighted by atomic mass is 127. The number of benzene rings is 1. The molecule has 27 heavy (non-hydrogen) atoms. The second-order valence-corrected chi connectivity index (χ2v) is 7.22. The van der Waals surface area contributed by atoms with Crippen molar-refractivity contribution in [3.8, 4) is 17.0 Å². The molecule has 10 heteroatoms. The molecule has 1 aliphatic rings. The molecule has 3 aromatic rings. The number of phenolic OH excluding ortho intramolecular Hbond substituents is 1. The van der Waals surface area contributed by atoms with E-state index in [4.69, 9.17) is 4.74 Å². The van der Waals surface area contributed by atoms with Gasteiger partial charge in [-0.3, -0.25) is 0 Å². The monoisotopic (exact) mass is 490 g/mol. The molecule has 1 N–H and O–H groups in total. The molecule has 0 saturated carbocycles. The van der Waals surface area contributed by atoms with E-state index in [0.717, 1.165) is 12.8 Å². The Balaban J connectivity index is 2.00. The van der Waals surface area contributed by atoms with Crippen LogP contribution in [0.15, 0.2) is 24.3 Å². The maximum Gasteiger partial charge on any atom is 0.451 e. The normalized spacial score (nSPS) is 18.1. The quantitative estimate of drug-likeness (QED) is 0.535. The highest BCUT2D eigenvalue weighted by Crippen LogP contribution is 2.36. The summed E-state index contributed by atoms with van der Waals surface area (Å²) in [7, 11) is 0. The molecule has 1 fully saturated rings. The van der Waals surface area contributed by atoms with Crippen molar-refractivity contribution >= 4 is 33.6 Å². The molecular weight excluding hydrogens is 476 g/mol. The van der Waals surface area contributed by atoms with Crippen molar-refractivity contribution in [2.24, 2.45) is 0 Å². The Kier molecular flexibility index (Phi) is 4.70. The summed E-state index contributed by atoms with van der Waals surface area (Å²) in [5.74, 6) is -1.21.